The highest BCUT2D eigenvalue weighted by molar-refractivity contribution is 7.17. The Hall–Kier alpha value is -4.10. The Balaban J connectivity index is 1.49. The summed E-state index contributed by atoms with van der Waals surface area (Å²) in [6.45, 7) is 1.58. The van der Waals surface area contributed by atoms with E-state index >= 15 is 0 Å². The predicted octanol–water partition coefficient (Wildman–Crippen LogP) is 6.10. The second-order valence-corrected chi connectivity index (χ2v) is 8.68. The zero-order valence-corrected chi connectivity index (χ0v) is 17.9. The summed E-state index contributed by atoms with van der Waals surface area (Å²) in [5.74, 6) is 0.0659. The van der Waals surface area contributed by atoms with Crippen molar-refractivity contribution in [1.82, 2.24) is 25.1 Å². The molecule has 0 amide bonds. The molecule has 0 saturated carbocycles. The monoisotopic (exact) mass is 435 g/mol. The molecule has 154 valence electrons. The molecule has 32 heavy (non-hydrogen) atoms. The van der Waals surface area contributed by atoms with Crippen LogP contribution in [0.3, 0.4) is 0 Å². The summed E-state index contributed by atoms with van der Waals surface area (Å²) in [6, 6.07) is 18.1. The molecule has 5 aromatic heterocycles. The summed E-state index contributed by atoms with van der Waals surface area (Å²) in [4.78, 5) is 25.6. The van der Waals surface area contributed by atoms with Crippen molar-refractivity contribution >= 4 is 38.9 Å². The highest BCUT2D eigenvalue weighted by atomic mass is 32.1. The van der Waals surface area contributed by atoms with Crippen molar-refractivity contribution in [2.24, 2.45) is 0 Å². The van der Waals surface area contributed by atoms with Crippen LogP contribution in [-0.4, -0.2) is 30.9 Å². The van der Waals surface area contributed by atoms with Crippen LogP contribution in [-0.2, 0) is 0 Å². The van der Waals surface area contributed by atoms with Gasteiger partial charge in [0.25, 0.3) is 0 Å². The number of aromatic amines is 2. The van der Waals surface area contributed by atoms with Gasteiger partial charge in [0.15, 0.2) is 5.78 Å². The lowest BCUT2D eigenvalue weighted by atomic mass is 10.0. The minimum Gasteiger partial charge on any atom is -0.353 e. The molecule has 0 aliphatic heterocycles. The Labute approximate surface area is 187 Å². The third-order valence-electron chi connectivity index (χ3n) is 5.57. The number of nitrogens with one attached hydrogen (secondary N) is 2. The number of hydrogen-bond acceptors (Lipinski definition) is 5. The summed E-state index contributed by atoms with van der Waals surface area (Å²) < 4.78 is 0. The summed E-state index contributed by atoms with van der Waals surface area (Å²) in [7, 11) is 0. The molecular formula is C25H17N5OS. The Kier molecular flexibility index (Phi) is 4.22. The Bertz CT molecular complexity index is 1610. The van der Waals surface area contributed by atoms with E-state index in [2.05, 4.69) is 43.3 Å². The van der Waals surface area contributed by atoms with E-state index in [0.29, 0.717) is 0 Å². The van der Waals surface area contributed by atoms with Crippen LogP contribution in [0.4, 0.5) is 0 Å². The number of H-pyrrole nitrogens is 2. The smallest absolute Gasteiger partial charge is 0.169 e. The van der Waals surface area contributed by atoms with E-state index in [0.717, 1.165) is 59.8 Å². The number of thiophene rings is 1. The van der Waals surface area contributed by atoms with Gasteiger partial charge in [0.2, 0.25) is 0 Å². The van der Waals surface area contributed by atoms with Gasteiger partial charge >= 0.3 is 0 Å². The van der Waals surface area contributed by atoms with Crippen molar-refractivity contribution < 1.29 is 4.79 Å². The molecule has 0 fully saturated rings. The van der Waals surface area contributed by atoms with E-state index in [1.807, 2.05) is 36.4 Å². The predicted molar refractivity (Wildman–Crippen MR) is 128 cm³/mol. The lowest BCUT2D eigenvalue weighted by Crippen LogP contribution is -1.83. The molecule has 6 nitrogen and oxygen atoms in total. The maximum absolute atomic E-state index is 11.7. The van der Waals surface area contributed by atoms with Crippen LogP contribution >= 0.6 is 11.3 Å². The Morgan fingerprint density at radius 1 is 0.844 bits per heavy atom. The van der Waals surface area contributed by atoms with Crippen molar-refractivity contribution in [1.29, 1.82) is 0 Å². The number of pyridine rings is 2. The van der Waals surface area contributed by atoms with Crippen molar-refractivity contribution in [2.45, 2.75) is 6.92 Å². The molecule has 5 heterocycles. The molecule has 6 rings (SSSR count). The van der Waals surface area contributed by atoms with Crippen LogP contribution in [0.2, 0.25) is 0 Å². The zero-order valence-electron chi connectivity index (χ0n) is 17.1. The number of nitrogens with zero attached hydrogens (tertiary/aromatic N) is 3. The summed E-state index contributed by atoms with van der Waals surface area (Å²) in [5, 5.41) is 9.77. The first-order valence-electron chi connectivity index (χ1n) is 10.1. The molecule has 6 aromatic rings. The van der Waals surface area contributed by atoms with Gasteiger partial charge in [0.1, 0.15) is 5.69 Å². The standard InChI is InChI=1S/C25H17N5OS/c1-14(31)22-4-5-23(32-22)25-18-13-21(28-19(18)8-11-27-25)24-17-12-16(2-3-20(17)29-30-24)15-6-9-26-10-7-15/h2-13,28H,1H3,(H,29,30). The SMILES string of the molecule is CC(=O)c1ccc(-c2nccc3[nH]c(-c4n[nH]c5ccc(-c6ccncc6)cc45)cc23)s1. The molecule has 0 aliphatic carbocycles. The van der Waals surface area contributed by atoms with Crippen molar-refractivity contribution in [3.8, 4) is 33.1 Å². The number of ketones is 1. The number of fused-ring (bicyclic) bond motifs is 2. The second kappa shape index (κ2) is 7.25. The normalized spacial score (nSPS) is 11.4. The fraction of sp³-hybridized carbons (Fsp3) is 0.0400. The molecule has 0 saturated heterocycles. The molecule has 0 unspecified atom stereocenters. The highest BCUT2D eigenvalue weighted by Gasteiger charge is 2.16. The van der Waals surface area contributed by atoms with Gasteiger partial charge in [-0.2, -0.15) is 5.10 Å². The largest absolute Gasteiger partial charge is 0.353 e. The van der Waals surface area contributed by atoms with Crippen molar-refractivity contribution in [3.63, 3.8) is 0 Å². The van der Waals surface area contributed by atoms with Gasteiger partial charge in [-0.3, -0.25) is 19.9 Å². The Morgan fingerprint density at radius 3 is 2.50 bits per heavy atom. The average Bonchev–Trinajstić information content (AvgIpc) is 3.56. The quantitative estimate of drug-likeness (QED) is 0.328. The first kappa shape index (κ1) is 18.7. The van der Waals surface area contributed by atoms with E-state index in [-0.39, 0.29) is 5.78 Å². The van der Waals surface area contributed by atoms with Gasteiger partial charge in [-0.25, -0.2) is 0 Å². The first-order chi connectivity index (χ1) is 15.7. The molecule has 1 aromatic carbocycles. The van der Waals surface area contributed by atoms with Gasteiger partial charge in [-0.15, -0.1) is 11.3 Å². The molecule has 0 spiro atoms. The highest BCUT2D eigenvalue weighted by Crippen LogP contribution is 2.36. The van der Waals surface area contributed by atoms with Crippen LogP contribution in [0.15, 0.2) is 73.2 Å². The molecule has 2 N–H and O–H groups in total. The van der Waals surface area contributed by atoms with E-state index in [1.54, 1.807) is 25.5 Å². The number of rotatable bonds is 4. The zero-order chi connectivity index (χ0) is 21.7. The third kappa shape index (κ3) is 3.02. The number of aromatic nitrogens is 5. The topological polar surface area (TPSA) is 87.3 Å². The molecule has 0 bridgehead atoms. The van der Waals surface area contributed by atoms with Crippen LogP contribution in [0.1, 0.15) is 16.6 Å². The lowest BCUT2D eigenvalue weighted by molar-refractivity contribution is 0.102. The number of benzene rings is 1. The second-order valence-electron chi connectivity index (χ2n) is 7.59. The maximum atomic E-state index is 11.7. The average molecular weight is 436 g/mol. The minimum absolute atomic E-state index is 0.0659. The Morgan fingerprint density at radius 2 is 1.69 bits per heavy atom. The van der Waals surface area contributed by atoms with Gasteiger partial charge in [0.05, 0.1) is 26.7 Å². The molecule has 0 radical (unpaired) electrons. The van der Waals surface area contributed by atoms with E-state index in [4.69, 9.17) is 0 Å². The number of carbonyl (C=O) groups excluding carboxylic acids is 1. The van der Waals surface area contributed by atoms with Crippen LogP contribution in [0.25, 0.3) is 54.9 Å². The summed E-state index contributed by atoms with van der Waals surface area (Å²) in [5.41, 5.74) is 6.79. The fourth-order valence-corrected chi connectivity index (χ4v) is 4.89. The lowest BCUT2D eigenvalue weighted by Gasteiger charge is -2.02. The van der Waals surface area contributed by atoms with Gasteiger partial charge < -0.3 is 4.98 Å². The third-order valence-corrected chi connectivity index (χ3v) is 6.76. The number of hydrogen-bond donors (Lipinski definition) is 2. The van der Waals surface area contributed by atoms with E-state index in [9.17, 15) is 4.79 Å². The molecular weight excluding hydrogens is 418 g/mol. The number of carbonyl (C=O) groups is 1. The van der Waals surface area contributed by atoms with Gasteiger partial charge in [-0.05, 0) is 66.6 Å². The van der Waals surface area contributed by atoms with Crippen LogP contribution in [0.5, 0.6) is 0 Å². The van der Waals surface area contributed by atoms with Crippen molar-refractivity contribution in [3.05, 3.63) is 78.1 Å². The van der Waals surface area contributed by atoms with Gasteiger partial charge in [0, 0.05) is 34.9 Å². The molecule has 0 atom stereocenters. The fourth-order valence-electron chi connectivity index (χ4n) is 3.98. The van der Waals surface area contributed by atoms with Gasteiger partial charge in [-0.1, -0.05) is 6.07 Å². The first-order valence-corrected chi connectivity index (χ1v) is 11.0. The van der Waals surface area contributed by atoms with E-state index in [1.165, 1.54) is 11.3 Å². The summed E-state index contributed by atoms with van der Waals surface area (Å²) >= 11 is 1.46. The molecule has 7 heteroatoms. The van der Waals surface area contributed by atoms with E-state index < -0.39 is 0 Å². The number of Topliss-reactive ketones (excluding diaryl/α,β-unsaturated/α-hetero) is 1. The summed E-state index contributed by atoms with van der Waals surface area (Å²) in [6.07, 6.45) is 5.38. The maximum Gasteiger partial charge on any atom is 0.169 e. The molecule has 0 aliphatic rings. The van der Waals surface area contributed by atoms with Crippen LogP contribution in [0, 0.1) is 0 Å². The van der Waals surface area contributed by atoms with Crippen LogP contribution < -0.4 is 0 Å². The van der Waals surface area contributed by atoms with Crippen molar-refractivity contribution in [2.75, 3.05) is 0 Å². The minimum atomic E-state index is 0.0659.